The SMILES string of the molecule is CC(C)(C)N1CC=C[C@@]23O[C@H]4/C=C\CCC(=O)NC[C@H](c5ccccc5)OC(=O)[C@H]4[C@@H]2C(=O)N([C@H](CO)c2ccccc2)[C@H]3C1=O. The van der Waals surface area contributed by atoms with Crippen molar-refractivity contribution >= 4 is 23.7 Å². The van der Waals surface area contributed by atoms with Crippen LogP contribution in [0.4, 0.5) is 0 Å². The molecule has 2 saturated heterocycles. The van der Waals surface area contributed by atoms with Crippen LogP contribution in [0.15, 0.2) is 85.0 Å². The number of nitrogens with one attached hydrogen (secondary N) is 1. The van der Waals surface area contributed by atoms with E-state index < -0.39 is 65.8 Å². The zero-order chi connectivity index (χ0) is 32.6. The Kier molecular flexibility index (Phi) is 8.60. The summed E-state index contributed by atoms with van der Waals surface area (Å²) in [6.07, 6.45) is 6.02. The number of fused-ring (bicyclic) bond motifs is 2. The van der Waals surface area contributed by atoms with Crippen molar-refractivity contribution in [2.75, 3.05) is 19.7 Å². The summed E-state index contributed by atoms with van der Waals surface area (Å²) in [5.41, 5.74) is -0.740. The van der Waals surface area contributed by atoms with Gasteiger partial charge in [0.25, 0.3) is 0 Å². The molecule has 46 heavy (non-hydrogen) atoms. The van der Waals surface area contributed by atoms with E-state index in [1.807, 2.05) is 87.5 Å². The van der Waals surface area contributed by atoms with Crippen molar-refractivity contribution in [3.05, 3.63) is 96.1 Å². The molecule has 2 aromatic rings. The third-order valence-electron chi connectivity index (χ3n) is 9.48. The summed E-state index contributed by atoms with van der Waals surface area (Å²) in [6.45, 7) is 5.70. The van der Waals surface area contributed by atoms with E-state index in [2.05, 4.69) is 5.32 Å². The largest absolute Gasteiger partial charge is 0.455 e. The maximum absolute atomic E-state index is 14.8. The lowest BCUT2D eigenvalue weighted by Crippen LogP contribution is -2.59. The molecule has 4 aliphatic heterocycles. The molecule has 0 bridgehead atoms. The maximum atomic E-state index is 14.8. The molecular weight excluding hydrogens is 586 g/mol. The van der Waals surface area contributed by atoms with Gasteiger partial charge in [-0.2, -0.15) is 0 Å². The first-order chi connectivity index (χ1) is 22.1. The van der Waals surface area contributed by atoms with Crippen LogP contribution in [0.1, 0.15) is 56.9 Å². The van der Waals surface area contributed by atoms with Gasteiger partial charge in [0.15, 0.2) is 0 Å². The van der Waals surface area contributed by atoms with E-state index in [0.29, 0.717) is 17.5 Å². The Morgan fingerprint density at radius 2 is 1.67 bits per heavy atom. The van der Waals surface area contributed by atoms with Crippen LogP contribution in [-0.4, -0.2) is 81.6 Å². The molecule has 242 valence electrons. The molecule has 0 radical (unpaired) electrons. The van der Waals surface area contributed by atoms with Crippen LogP contribution in [0.2, 0.25) is 0 Å². The normalized spacial score (nSPS) is 31.4. The standard InChI is InChI=1S/C36H41N3O7/c1-35(2,3)38-20-12-19-36-30(32(42)39(31(36)33(38)43)25(22-40)23-13-6-4-7-14-23)29-26(46-36)17-10-11-18-28(41)37-21-27(45-34(29)44)24-15-8-5-9-16-24/h4-10,12-17,19,25-27,29-31,40H,11,18,20-22H2,1-3H3,(H,37,41)/b17-10-/t25-,26+,27-,29-,30-,31+,36-/m1/s1. The van der Waals surface area contributed by atoms with Crippen molar-refractivity contribution in [2.24, 2.45) is 11.8 Å². The summed E-state index contributed by atoms with van der Waals surface area (Å²) in [5.74, 6) is -3.82. The zero-order valence-electron chi connectivity index (χ0n) is 26.4. The van der Waals surface area contributed by atoms with Gasteiger partial charge in [0, 0.05) is 18.5 Å². The molecule has 10 nitrogen and oxygen atoms in total. The summed E-state index contributed by atoms with van der Waals surface area (Å²) in [4.78, 5) is 59.6. The van der Waals surface area contributed by atoms with Crippen LogP contribution < -0.4 is 5.32 Å². The molecule has 0 aliphatic carbocycles. The average Bonchev–Trinajstić information content (AvgIpc) is 3.42. The second-order valence-electron chi connectivity index (χ2n) is 13.3. The van der Waals surface area contributed by atoms with Crippen LogP contribution in [0.3, 0.4) is 0 Å². The van der Waals surface area contributed by atoms with Gasteiger partial charge < -0.3 is 29.7 Å². The van der Waals surface area contributed by atoms with E-state index in [0.717, 1.165) is 0 Å². The molecule has 0 aromatic heterocycles. The van der Waals surface area contributed by atoms with Crippen molar-refractivity contribution in [1.82, 2.24) is 15.1 Å². The highest BCUT2D eigenvalue weighted by Gasteiger charge is 2.73. The third-order valence-corrected chi connectivity index (χ3v) is 9.48. The number of carbonyl (C=O) groups is 4. The first-order valence-corrected chi connectivity index (χ1v) is 15.9. The number of likely N-dealkylation sites (tertiary alicyclic amines) is 1. The molecule has 4 heterocycles. The van der Waals surface area contributed by atoms with E-state index in [1.54, 1.807) is 23.1 Å². The fourth-order valence-corrected chi connectivity index (χ4v) is 7.31. The predicted octanol–water partition coefficient (Wildman–Crippen LogP) is 3.25. The maximum Gasteiger partial charge on any atom is 0.313 e. The number of esters is 1. The van der Waals surface area contributed by atoms with Gasteiger partial charge in [-0.3, -0.25) is 19.2 Å². The monoisotopic (exact) mass is 627 g/mol. The highest BCUT2D eigenvalue weighted by molar-refractivity contribution is 5.99. The number of ether oxygens (including phenoxy) is 2. The van der Waals surface area contributed by atoms with Crippen LogP contribution in [0, 0.1) is 11.8 Å². The average molecular weight is 628 g/mol. The number of aliphatic hydroxyl groups is 1. The van der Waals surface area contributed by atoms with Crippen LogP contribution in [-0.2, 0) is 28.7 Å². The van der Waals surface area contributed by atoms with E-state index in [-0.39, 0.29) is 31.3 Å². The Bertz CT molecular complexity index is 1540. The number of aliphatic hydroxyl groups excluding tert-OH is 1. The second kappa shape index (κ2) is 12.5. The number of hydrogen-bond donors (Lipinski definition) is 2. The van der Waals surface area contributed by atoms with Crippen LogP contribution in [0.25, 0.3) is 0 Å². The lowest BCUT2D eigenvalue weighted by atomic mass is 9.77. The quantitative estimate of drug-likeness (QED) is 0.394. The molecule has 0 unspecified atom stereocenters. The molecular formula is C36H41N3O7. The Morgan fingerprint density at radius 1 is 0.978 bits per heavy atom. The molecule has 0 saturated carbocycles. The van der Waals surface area contributed by atoms with Crippen LogP contribution >= 0.6 is 0 Å². The summed E-state index contributed by atoms with van der Waals surface area (Å²) in [6, 6.07) is 16.2. The van der Waals surface area contributed by atoms with Gasteiger partial charge >= 0.3 is 5.97 Å². The third kappa shape index (κ3) is 5.54. The first kappa shape index (κ1) is 31.7. The lowest BCUT2D eigenvalue weighted by Gasteiger charge is -2.42. The van der Waals surface area contributed by atoms with E-state index in [1.165, 1.54) is 4.90 Å². The number of rotatable bonds is 4. The topological polar surface area (TPSA) is 125 Å². The van der Waals surface area contributed by atoms with Gasteiger partial charge in [-0.1, -0.05) is 85.0 Å². The fourth-order valence-electron chi connectivity index (χ4n) is 7.31. The number of hydrogen-bond acceptors (Lipinski definition) is 7. The Hall–Kier alpha value is -4.28. The molecule has 2 N–H and O–H groups in total. The van der Waals surface area contributed by atoms with Gasteiger partial charge in [0.2, 0.25) is 17.7 Å². The smallest absolute Gasteiger partial charge is 0.313 e. The Labute approximate surface area is 269 Å². The second-order valence-corrected chi connectivity index (χ2v) is 13.3. The van der Waals surface area contributed by atoms with E-state index in [4.69, 9.17) is 9.47 Å². The number of benzene rings is 2. The molecule has 3 amide bonds. The molecule has 7 atom stereocenters. The number of amides is 3. The summed E-state index contributed by atoms with van der Waals surface area (Å²) >= 11 is 0. The summed E-state index contributed by atoms with van der Waals surface area (Å²) < 4.78 is 12.9. The van der Waals surface area contributed by atoms with E-state index >= 15 is 0 Å². The van der Waals surface area contributed by atoms with Crippen molar-refractivity contribution in [2.45, 2.75) is 69.0 Å². The summed E-state index contributed by atoms with van der Waals surface area (Å²) in [5, 5.41) is 13.6. The van der Waals surface area contributed by atoms with Gasteiger partial charge in [-0.25, -0.2) is 0 Å². The number of allylic oxidation sites excluding steroid dienone is 1. The van der Waals surface area contributed by atoms with Crippen molar-refractivity contribution in [3.63, 3.8) is 0 Å². The molecule has 2 aromatic carbocycles. The Balaban J connectivity index is 1.48. The number of nitrogens with zero attached hydrogens (tertiary/aromatic N) is 2. The van der Waals surface area contributed by atoms with Gasteiger partial charge in [-0.05, 0) is 38.3 Å². The molecule has 10 heteroatoms. The van der Waals surface area contributed by atoms with Gasteiger partial charge in [0.1, 0.15) is 23.7 Å². The lowest BCUT2D eigenvalue weighted by molar-refractivity contribution is -0.161. The first-order valence-electron chi connectivity index (χ1n) is 15.9. The van der Waals surface area contributed by atoms with Crippen molar-refractivity contribution < 1.29 is 33.8 Å². The minimum atomic E-state index is -1.51. The highest BCUT2D eigenvalue weighted by Crippen LogP contribution is 2.55. The summed E-state index contributed by atoms with van der Waals surface area (Å²) in [7, 11) is 0. The minimum absolute atomic E-state index is 0.0641. The molecule has 2 fully saturated rings. The van der Waals surface area contributed by atoms with Gasteiger partial charge in [0.05, 0.1) is 31.2 Å². The zero-order valence-corrected chi connectivity index (χ0v) is 26.4. The fraction of sp³-hybridized carbons (Fsp3) is 0.444. The predicted molar refractivity (Wildman–Crippen MR) is 169 cm³/mol. The molecule has 6 rings (SSSR count). The van der Waals surface area contributed by atoms with Crippen molar-refractivity contribution in [3.8, 4) is 0 Å². The van der Waals surface area contributed by atoms with Crippen molar-refractivity contribution in [1.29, 1.82) is 0 Å². The highest BCUT2D eigenvalue weighted by atomic mass is 16.6. The minimum Gasteiger partial charge on any atom is -0.455 e. The molecule has 1 spiro atoms. The number of cyclic esters (lactones) is 1. The Morgan fingerprint density at radius 3 is 2.35 bits per heavy atom. The van der Waals surface area contributed by atoms with Crippen LogP contribution in [0.5, 0.6) is 0 Å². The number of carbonyl (C=O) groups excluding carboxylic acids is 4. The van der Waals surface area contributed by atoms with E-state index in [9.17, 15) is 24.3 Å². The van der Waals surface area contributed by atoms with Gasteiger partial charge in [-0.15, -0.1) is 0 Å². The molecule has 4 aliphatic rings.